The van der Waals surface area contributed by atoms with Crippen LogP contribution in [0.3, 0.4) is 0 Å². The zero-order chi connectivity index (χ0) is 19.9. The number of likely N-dealkylation sites (tertiary alicyclic amines) is 1. The Kier molecular flexibility index (Phi) is 6.75. The molecule has 2 fully saturated rings. The van der Waals surface area contributed by atoms with E-state index in [0.29, 0.717) is 18.1 Å². The van der Waals surface area contributed by atoms with E-state index in [2.05, 4.69) is 21.2 Å². The highest BCUT2D eigenvalue weighted by atomic mass is 16.5. The Hall–Kier alpha value is -2.43. The average Bonchev–Trinajstić information content (AvgIpc) is 3.28. The topological polar surface area (TPSA) is 84.4 Å². The van der Waals surface area contributed by atoms with E-state index < -0.39 is 0 Å². The van der Waals surface area contributed by atoms with E-state index >= 15 is 0 Å². The Labute approximate surface area is 171 Å². The van der Waals surface area contributed by atoms with Crippen LogP contribution in [0.1, 0.15) is 67.8 Å². The second kappa shape index (κ2) is 9.86. The highest BCUT2D eigenvalue weighted by molar-refractivity contribution is 5.36. The molecule has 0 N–H and O–H groups in total. The summed E-state index contributed by atoms with van der Waals surface area (Å²) >= 11 is 0. The van der Waals surface area contributed by atoms with E-state index in [0.717, 1.165) is 69.5 Å². The summed E-state index contributed by atoms with van der Waals surface area (Å²) in [5.41, 5.74) is 0.621. The average molecular weight is 396 g/mol. The minimum Gasteiger partial charge on any atom is -0.494 e. The van der Waals surface area contributed by atoms with Crippen LogP contribution in [-0.2, 0) is 4.74 Å². The van der Waals surface area contributed by atoms with Crippen molar-refractivity contribution in [3.8, 4) is 11.8 Å². The van der Waals surface area contributed by atoms with Gasteiger partial charge >= 0.3 is 0 Å². The minimum absolute atomic E-state index is 0.201. The maximum absolute atomic E-state index is 8.99. The van der Waals surface area contributed by atoms with Crippen LogP contribution < -0.4 is 4.74 Å². The summed E-state index contributed by atoms with van der Waals surface area (Å²) in [5.74, 6) is 2.61. The quantitative estimate of drug-likeness (QED) is 0.658. The minimum atomic E-state index is 0.201. The van der Waals surface area contributed by atoms with Crippen LogP contribution in [0.15, 0.2) is 28.7 Å². The molecule has 0 bridgehead atoms. The molecule has 1 atom stereocenters. The van der Waals surface area contributed by atoms with E-state index in [1.54, 1.807) is 12.1 Å². The molecule has 1 aromatic heterocycles. The SMILES string of the molecule is N#Cc1cccc(OCCCN2CCCC[C@@H]2c2nnc(C3CCOCC3)o2)c1. The molecule has 0 spiro atoms. The van der Waals surface area contributed by atoms with Crippen LogP contribution >= 0.6 is 0 Å². The van der Waals surface area contributed by atoms with Gasteiger partial charge in [-0.05, 0) is 56.8 Å². The van der Waals surface area contributed by atoms with Gasteiger partial charge in [0.05, 0.1) is 24.3 Å². The van der Waals surface area contributed by atoms with Crippen molar-refractivity contribution in [3.05, 3.63) is 41.6 Å². The largest absolute Gasteiger partial charge is 0.494 e. The molecular formula is C22H28N4O3. The Morgan fingerprint density at radius 2 is 2.00 bits per heavy atom. The molecule has 154 valence electrons. The molecule has 0 aliphatic carbocycles. The second-order valence-corrected chi connectivity index (χ2v) is 7.75. The van der Waals surface area contributed by atoms with Crippen LogP contribution in [0.4, 0.5) is 0 Å². The normalized spacial score (nSPS) is 21.0. The number of piperidine rings is 1. The lowest BCUT2D eigenvalue weighted by Crippen LogP contribution is -2.35. The van der Waals surface area contributed by atoms with Crippen LogP contribution in [0.5, 0.6) is 5.75 Å². The lowest BCUT2D eigenvalue weighted by Gasteiger charge is -2.33. The van der Waals surface area contributed by atoms with Crippen molar-refractivity contribution < 1.29 is 13.9 Å². The Morgan fingerprint density at radius 1 is 1.14 bits per heavy atom. The molecule has 2 aliphatic heterocycles. The fourth-order valence-electron chi connectivity index (χ4n) is 4.14. The summed E-state index contributed by atoms with van der Waals surface area (Å²) < 4.78 is 17.4. The first-order chi connectivity index (χ1) is 14.3. The highest BCUT2D eigenvalue weighted by Crippen LogP contribution is 2.33. The Balaban J connectivity index is 1.30. The summed E-state index contributed by atoms with van der Waals surface area (Å²) in [6, 6.07) is 9.64. The van der Waals surface area contributed by atoms with Crippen molar-refractivity contribution in [2.24, 2.45) is 0 Å². The van der Waals surface area contributed by atoms with Gasteiger partial charge in [-0.25, -0.2) is 0 Å². The standard InChI is InChI=1S/C22H28N4O3/c23-16-17-5-3-6-19(15-17)28-12-4-11-26-10-2-1-7-20(26)22-25-24-21(29-22)18-8-13-27-14-9-18/h3,5-6,15,18,20H,1-2,4,7-14H2/t20-/m1/s1. The maximum Gasteiger partial charge on any atom is 0.233 e. The number of hydrogen-bond acceptors (Lipinski definition) is 7. The van der Waals surface area contributed by atoms with Gasteiger partial charge in [-0.15, -0.1) is 10.2 Å². The monoisotopic (exact) mass is 396 g/mol. The molecule has 7 nitrogen and oxygen atoms in total. The van der Waals surface area contributed by atoms with Gasteiger partial charge < -0.3 is 13.9 Å². The van der Waals surface area contributed by atoms with Crippen LogP contribution in [0, 0.1) is 11.3 Å². The van der Waals surface area contributed by atoms with Gasteiger partial charge in [0.1, 0.15) is 5.75 Å². The first kappa shape index (κ1) is 19.9. The van der Waals surface area contributed by atoms with Gasteiger partial charge in [0.2, 0.25) is 11.8 Å². The summed E-state index contributed by atoms with van der Waals surface area (Å²) in [6.45, 7) is 4.14. The van der Waals surface area contributed by atoms with E-state index in [4.69, 9.17) is 19.2 Å². The third-order valence-electron chi connectivity index (χ3n) is 5.75. The van der Waals surface area contributed by atoms with Crippen molar-refractivity contribution in [1.29, 1.82) is 5.26 Å². The van der Waals surface area contributed by atoms with Crippen LogP contribution in [0.25, 0.3) is 0 Å². The van der Waals surface area contributed by atoms with Gasteiger partial charge in [0.15, 0.2) is 0 Å². The van der Waals surface area contributed by atoms with E-state index in [9.17, 15) is 0 Å². The molecule has 0 saturated carbocycles. The summed E-state index contributed by atoms with van der Waals surface area (Å²) in [5, 5.41) is 17.7. The number of nitriles is 1. The Morgan fingerprint density at radius 3 is 2.86 bits per heavy atom. The van der Waals surface area contributed by atoms with Crippen molar-refractivity contribution in [2.75, 3.05) is 32.9 Å². The summed E-state index contributed by atoms with van der Waals surface area (Å²) in [6.07, 6.45) is 6.27. The van der Waals surface area contributed by atoms with Crippen molar-refractivity contribution >= 4 is 0 Å². The van der Waals surface area contributed by atoms with Crippen molar-refractivity contribution in [1.82, 2.24) is 15.1 Å². The molecule has 0 radical (unpaired) electrons. The molecule has 0 unspecified atom stereocenters. The first-order valence-electron chi connectivity index (χ1n) is 10.6. The number of aromatic nitrogens is 2. The molecular weight excluding hydrogens is 368 g/mol. The van der Waals surface area contributed by atoms with E-state index in [-0.39, 0.29) is 6.04 Å². The van der Waals surface area contributed by atoms with E-state index in [1.165, 1.54) is 12.8 Å². The number of benzene rings is 1. The summed E-state index contributed by atoms with van der Waals surface area (Å²) in [4.78, 5) is 2.44. The molecule has 3 heterocycles. The predicted octanol–water partition coefficient (Wildman–Crippen LogP) is 3.83. The number of nitrogens with zero attached hydrogens (tertiary/aromatic N) is 4. The van der Waals surface area contributed by atoms with Gasteiger partial charge in [-0.2, -0.15) is 5.26 Å². The third kappa shape index (κ3) is 5.14. The third-order valence-corrected chi connectivity index (χ3v) is 5.75. The van der Waals surface area contributed by atoms with Gasteiger partial charge in [0.25, 0.3) is 0 Å². The molecule has 2 aromatic rings. The van der Waals surface area contributed by atoms with E-state index in [1.807, 2.05) is 12.1 Å². The van der Waals surface area contributed by atoms with Crippen LogP contribution in [0.2, 0.25) is 0 Å². The zero-order valence-electron chi connectivity index (χ0n) is 16.8. The summed E-state index contributed by atoms with van der Waals surface area (Å²) in [7, 11) is 0. The highest BCUT2D eigenvalue weighted by Gasteiger charge is 2.30. The molecule has 7 heteroatoms. The number of rotatable bonds is 7. The number of hydrogen-bond donors (Lipinski definition) is 0. The smallest absolute Gasteiger partial charge is 0.233 e. The molecule has 2 saturated heterocycles. The molecule has 29 heavy (non-hydrogen) atoms. The first-order valence-corrected chi connectivity index (χ1v) is 10.6. The lowest BCUT2D eigenvalue weighted by molar-refractivity contribution is 0.0769. The van der Waals surface area contributed by atoms with Crippen molar-refractivity contribution in [3.63, 3.8) is 0 Å². The molecule has 0 amide bonds. The number of ether oxygens (including phenoxy) is 2. The predicted molar refractivity (Wildman–Crippen MR) is 107 cm³/mol. The molecule has 1 aromatic carbocycles. The van der Waals surface area contributed by atoms with Crippen LogP contribution in [-0.4, -0.2) is 48.0 Å². The van der Waals surface area contributed by atoms with Crippen molar-refractivity contribution in [2.45, 2.75) is 50.5 Å². The fourth-order valence-corrected chi connectivity index (χ4v) is 4.14. The molecule has 4 rings (SSSR count). The Bertz CT molecular complexity index is 825. The lowest BCUT2D eigenvalue weighted by atomic mass is 10.0. The second-order valence-electron chi connectivity index (χ2n) is 7.75. The molecule has 2 aliphatic rings. The van der Waals surface area contributed by atoms with Gasteiger partial charge in [0, 0.05) is 25.7 Å². The fraction of sp³-hybridized carbons (Fsp3) is 0.591. The van der Waals surface area contributed by atoms with Gasteiger partial charge in [-0.1, -0.05) is 12.5 Å². The maximum atomic E-state index is 8.99. The van der Waals surface area contributed by atoms with Gasteiger partial charge in [-0.3, -0.25) is 4.90 Å². The zero-order valence-corrected chi connectivity index (χ0v) is 16.8.